The number of hydrogen-bond acceptors (Lipinski definition) is 3. The second kappa shape index (κ2) is 5.83. The number of halogens is 1. The van der Waals surface area contributed by atoms with Gasteiger partial charge in [-0.1, -0.05) is 29.8 Å². The molecule has 0 aliphatic heterocycles. The maximum absolute atomic E-state index is 12.4. The third-order valence-corrected chi connectivity index (χ3v) is 4.74. The lowest BCUT2D eigenvalue weighted by Crippen LogP contribution is -2.15. The number of nitrogens with one attached hydrogen (secondary N) is 1. The minimum Gasteiger partial charge on any atom is -0.326 e. The molecule has 20 heavy (non-hydrogen) atoms. The number of rotatable bonds is 4. The fraction of sp³-hybridized carbons (Fsp3) is 0.143. The molecule has 0 heterocycles. The molecule has 6 heteroatoms. The Kier molecular flexibility index (Phi) is 4.32. The van der Waals surface area contributed by atoms with Crippen LogP contribution in [0, 0.1) is 6.92 Å². The van der Waals surface area contributed by atoms with Crippen LogP contribution in [0.5, 0.6) is 0 Å². The van der Waals surface area contributed by atoms with Crippen molar-refractivity contribution in [3.05, 3.63) is 58.6 Å². The Morgan fingerprint density at radius 3 is 2.55 bits per heavy atom. The van der Waals surface area contributed by atoms with Gasteiger partial charge in [0.1, 0.15) is 0 Å². The van der Waals surface area contributed by atoms with E-state index in [2.05, 4.69) is 4.72 Å². The second-order valence-corrected chi connectivity index (χ2v) is 6.45. The molecular weight excluding hydrogens is 296 g/mol. The summed E-state index contributed by atoms with van der Waals surface area (Å²) >= 11 is 5.85. The number of anilines is 1. The summed E-state index contributed by atoms with van der Waals surface area (Å²) in [5.41, 5.74) is 7.49. The maximum atomic E-state index is 12.4. The van der Waals surface area contributed by atoms with Crippen molar-refractivity contribution < 1.29 is 8.42 Å². The van der Waals surface area contributed by atoms with Gasteiger partial charge in [0.15, 0.2) is 0 Å². The van der Waals surface area contributed by atoms with Crippen LogP contribution in [0.1, 0.15) is 11.1 Å². The van der Waals surface area contributed by atoms with Crippen LogP contribution in [0.2, 0.25) is 5.02 Å². The lowest BCUT2D eigenvalue weighted by molar-refractivity contribution is 0.600. The topological polar surface area (TPSA) is 72.2 Å². The van der Waals surface area contributed by atoms with Crippen molar-refractivity contribution in [2.75, 3.05) is 4.72 Å². The van der Waals surface area contributed by atoms with Gasteiger partial charge in [-0.05, 0) is 42.3 Å². The smallest absolute Gasteiger partial charge is 0.262 e. The van der Waals surface area contributed by atoms with Gasteiger partial charge in [0.2, 0.25) is 0 Å². The van der Waals surface area contributed by atoms with Crippen molar-refractivity contribution in [1.29, 1.82) is 0 Å². The predicted octanol–water partition coefficient (Wildman–Crippen LogP) is 2.91. The zero-order valence-electron chi connectivity index (χ0n) is 10.9. The van der Waals surface area contributed by atoms with Crippen LogP contribution >= 0.6 is 11.6 Å². The molecule has 0 amide bonds. The summed E-state index contributed by atoms with van der Waals surface area (Å²) in [6, 6.07) is 11.6. The average Bonchev–Trinajstić information content (AvgIpc) is 2.38. The Hall–Kier alpha value is -1.56. The third kappa shape index (κ3) is 3.12. The van der Waals surface area contributed by atoms with Gasteiger partial charge in [0.05, 0.1) is 10.6 Å². The number of benzene rings is 2. The summed E-state index contributed by atoms with van der Waals surface area (Å²) in [4.78, 5) is 0.223. The molecule has 0 aromatic heterocycles. The van der Waals surface area contributed by atoms with Gasteiger partial charge < -0.3 is 5.73 Å². The first-order valence-corrected chi connectivity index (χ1v) is 7.87. The Morgan fingerprint density at radius 2 is 1.90 bits per heavy atom. The highest BCUT2D eigenvalue weighted by atomic mass is 35.5. The van der Waals surface area contributed by atoms with E-state index in [-0.39, 0.29) is 4.90 Å². The zero-order valence-corrected chi connectivity index (χ0v) is 12.5. The molecule has 0 fully saturated rings. The minimum absolute atomic E-state index is 0.223. The highest BCUT2D eigenvalue weighted by molar-refractivity contribution is 7.92. The molecule has 2 aromatic rings. The summed E-state index contributed by atoms with van der Waals surface area (Å²) in [7, 11) is -3.66. The van der Waals surface area contributed by atoms with Crippen LogP contribution in [-0.2, 0) is 16.6 Å². The first kappa shape index (κ1) is 14.8. The van der Waals surface area contributed by atoms with Crippen molar-refractivity contribution >= 4 is 27.3 Å². The molecule has 2 aromatic carbocycles. The molecule has 0 spiro atoms. The van der Waals surface area contributed by atoms with Gasteiger partial charge in [-0.25, -0.2) is 8.42 Å². The SMILES string of the molecule is Cc1c(CN)cccc1S(=O)(=O)Nc1cccc(Cl)c1. The molecule has 2 rings (SSSR count). The van der Waals surface area contributed by atoms with E-state index in [9.17, 15) is 8.42 Å². The van der Waals surface area contributed by atoms with Crippen LogP contribution in [-0.4, -0.2) is 8.42 Å². The van der Waals surface area contributed by atoms with Crippen LogP contribution in [0.15, 0.2) is 47.4 Å². The largest absolute Gasteiger partial charge is 0.326 e. The molecule has 3 N–H and O–H groups in total. The molecule has 0 saturated carbocycles. The highest BCUT2D eigenvalue weighted by Gasteiger charge is 2.18. The summed E-state index contributed by atoms with van der Waals surface area (Å²) < 4.78 is 27.3. The zero-order chi connectivity index (χ0) is 14.8. The number of hydrogen-bond donors (Lipinski definition) is 2. The third-order valence-electron chi connectivity index (χ3n) is 2.98. The lowest BCUT2D eigenvalue weighted by atomic mass is 10.1. The van der Waals surface area contributed by atoms with Crippen LogP contribution in [0.25, 0.3) is 0 Å². The summed E-state index contributed by atoms with van der Waals surface area (Å²) in [6.07, 6.45) is 0. The van der Waals surface area contributed by atoms with Crippen molar-refractivity contribution in [3.63, 3.8) is 0 Å². The molecule has 0 atom stereocenters. The minimum atomic E-state index is -3.66. The van der Waals surface area contributed by atoms with Crippen molar-refractivity contribution in [3.8, 4) is 0 Å². The molecule has 0 radical (unpaired) electrons. The lowest BCUT2D eigenvalue weighted by Gasteiger charge is -2.12. The highest BCUT2D eigenvalue weighted by Crippen LogP contribution is 2.23. The van der Waals surface area contributed by atoms with Gasteiger partial charge >= 0.3 is 0 Å². The summed E-state index contributed by atoms with van der Waals surface area (Å²) in [5, 5.41) is 0.470. The van der Waals surface area contributed by atoms with Gasteiger partial charge in [0, 0.05) is 11.6 Å². The van der Waals surface area contributed by atoms with Gasteiger partial charge in [-0.15, -0.1) is 0 Å². The van der Waals surface area contributed by atoms with Crippen molar-refractivity contribution in [2.45, 2.75) is 18.4 Å². The van der Waals surface area contributed by atoms with Crippen LogP contribution < -0.4 is 10.5 Å². The van der Waals surface area contributed by atoms with E-state index in [1.54, 1.807) is 43.3 Å². The molecule has 0 saturated heterocycles. The first-order chi connectivity index (χ1) is 9.44. The molecule has 0 aliphatic rings. The van der Waals surface area contributed by atoms with E-state index < -0.39 is 10.0 Å². The number of sulfonamides is 1. The predicted molar refractivity (Wildman–Crippen MR) is 81.3 cm³/mol. The van der Waals surface area contributed by atoms with E-state index in [0.29, 0.717) is 22.8 Å². The summed E-state index contributed by atoms with van der Waals surface area (Å²) in [6.45, 7) is 2.04. The monoisotopic (exact) mass is 310 g/mol. The fourth-order valence-electron chi connectivity index (χ4n) is 1.93. The van der Waals surface area contributed by atoms with Crippen molar-refractivity contribution in [1.82, 2.24) is 0 Å². The van der Waals surface area contributed by atoms with Gasteiger partial charge in [-0.2, -0.15) is 0 Å². The summed E-state index contributed by atoms with van der Waals surface area (Å²) in [5.74, 6) is 0. The standard InChI is InChI=1S/C14H15ClN2O2S/c1-10-11(9-16)4-2-7-14(10)20(18,19)17-13-6-3-5-12(15)8-13/h2-8,17H,9,16H2,1H3. The van der Waals surface area contributed by atoms with E-state index in [0.717, 1.165) is 5.56 Å². The van der Waals surface area contributed by atoms with E-state index in [4.69, 9.17) is 17.3 Å². The molecule has 0 unspecified atom stereocenters. The Labute approximate surface area is 123 Å². The van der Waals surface area contributed by atoms with Gasteiger partial charge in [-0.3, -0.25) is 4.72 Å². The Morgan fingerprint density at radius 1 is 1.20 bits per heavy atom. The molecule has 0 aliphatic carbocycles. The van der Waals surface area contributed by atoms with Gasteiger partial charge in [0.25, 0.3) is 10.0 Å². The molecule has 4 nitrogen and oxygen atoms in total. The maximum Gasteiger partial charge on any atom is 0.262 e. The normalized spacial score (nSPS) is 11.3. The van der Waals surface area contributed by atoms with E-state index in [1.807, 2.05) is 6.07 Å². The quantitative estimate of drug-likeness (QED) is 0.912. The van der Waals surface area contributed by atoms with Crippen LogP contribution in [0.3, 0.4) is 0 Å². The van der Waals surface area contributed by atoms with Crippen LogP contribution in [0.4, 0.5) is 5.69 Å². The van der Waals surface area contributed by atoms with E-state index >= 15 is 0 Å². The average molecular weight is 311 g/mol. The fourth-order valence-corrected chi connectivity index (χ4v) is 3.46. The molecule has 106 valence electrons. The van der Waals surface area contributed by atoms with Crippen molar-refractivity contribution in [2.24, 2.45) is 5.73 Å². The molecular formula is C14H15ClN2O2S. The molecule has 0 bridgehead atoms. The first-order valence-electron chi connectivity index (χ1n) is 6.01. The Balaban J connectivity index is 2.41. The number of nitrogens with two attached hydrogens (primary N) is 1. The van der Waals surface area contributed by atoms with E-state index in [1.165, 1.54) is 0 Å². The Bertz CT molecular complexity index is 730. The second-order valence-electron chi connectivity index (χ2n) is 4.36.